The molecule has 0 saturated heterocycles. The number of rotatable bonds is 11. The van der Waals surface area contributed by atoms with Gasteiger partial charge in [-0.1, -0.05) is 12.1 Å². The molecule has 0 fully saturated rings. The van der Waals surface area contributed by atoms with Gasteiger partial charge >= 0.3 is 0 Å². The number of ether oxygens (including phenoxy) is 4. The van der Waals surface area contributed by atoms with Gasteiger partial charge in [0.1, 0.15) is 5.75 Å². The molecular weight excluding hydrogens is 412 g/mol. The lowest BCUT2D eigenvalue weighted by atomic mass is 10.1. The fourth-order valence-corrected chi connectivity index (χ4v) is 2.90. The minimum atomic E-state index is -0.501. The summed E-state index contributed by atoms with van der Waals surface area (Å²) in [7, 11) is 0. The molecule has 0 aromatic heterocycles. The van der Waals surface area contributed by atoms with Crippen molar-refractivity contribution in [2.75, 3.05) is 26.4 Å². The summed E-state index contributed by atoms with van der Waals surface area (Å²) in [6.45, 7) is 10.9. The van der Waals surface area contributed by atoms with Crippen LogP contribution in [0.1, 0.15) is 48.7 Å². The summed E-state index contributed by atoms with van der Waals surface area (Å²) in [4.78, 5) is 24.7. The molecule has 32 heavy (non-hydrogen) atoms. The molecule has 2 amide bonds. The largest absolute Gasteiger partial charge is 0.493 e. The van der Waals surface area contributed by atoms with Gasteiger partial charge in [0, 0.05) is 5.56 Å². The maximum Gasteiger partial charge on any atom is 0.269 e. The van der Waals surface area contributed by atoms with Crippen molar-refractivity contribution in [3.05, 3.63) is 47.0 Å². The number of amides is 2. The Kier molecular flexibility index (Phi) is 9.66. The van der Waals surface area contributed by atoms with E-state index in [1.54, 1.807) is 12.1 Å². The maximum absolute atomic E-state index is 12.6. The van der Waals surface area contributed by atoms with Crippen molar-refractivity contribution < 1.29 is 28.5 Å². The molecule has 8 heteroatoms. The molecular formula is C24H32N2O6. The van der Waals surface area contributed by atoms with Crippen LogP contribution < -0.4 is 29.8 Å². The van der Waals surface area contributed by atoms with E-state index in [0.29, 0.717) is 37.1 Å². The van der Waals surface area contributed by atoms with Gasteiger partial charge in [-0.2, -0.15) is 0 Å². The van der Waals surface area contributed by atoms with Gasteiger partial charge in [-0.25, -0.2) is 0 Å². The summed E-state index contributed by atoms with van der Waals surface area (Å²) in [6, 6.07) is 9.01. The zero-order valence-electron chi connectivity index (χ0n) is 19.4. The molecule has 2 aromatic carbocycles. The Bertz CT molecular complexity index is 902. The second-order valence-electron chi connectivity index (χ2n) is 6.97. The highest BCUT2D eigenvalue weighted by Gasteiger charge is 2.18. The number of carbonyl (C=O) groups excluding carboxylic acids is 2. The lowest BCUT2D eigenvalue weighted by molar-refractivity contribution is -0.122. The van der Waals surface area contributed by atoms with E-state index in [0.717, 1.165) is 16.9 Å². The Hall–Kier alpha value is -3.42. The average Bonchev–Trinajstić information content (AvgIpc) is 2.76. The van der Waals surface area contributed by atoms with Crippen LogP contribution in [-0.4, -0.2) is 38.2 Å². The highest BCUT2D eigenvalue weighted by Crippen LogP contribution is 2.39. The topological polar surface area (TPSA) is 95.1 Å². The number of carbonyl (C=O) groups is 2. The Balaban J connectivity index is 1.97. The van der Waals surface area contributed by atoms with Gasteiger partial charge in [0.2, 0.25) is 11.7 Å². The van der Waals surface area contributed by atoms with Crippen LogP contribution in [0.5, 0.6) is 23.0 Å². The van der Waals surface area contributed by atoms with Crippen molar-refractivity contribution in [1.29, 1.82) is 0 Å². The first-order valence-corrected chi connectivity index (χ1v) is 10.7. The molecule has 0 radical (unpaired) electrons. The summed E-state index contributed by atoms with van der Waals surface area (Å²) < 4.78 is 22.6. The van der Waals surface area contributed by atoms with Gasteiger partial charge in [-0.3, -0.25) is 20.4 Å². The van der Waals surface area contributed by atoms with Crippen LogP contribution >= 0.6 is 0 Å². The van der Waals surface area contributed by atoms with Gasteiger partial charge < -0.3 is 18.9 Å². The molecule has 0 atom stereocenters. The molecule has 2 N–H and O–H groups in total. The van der Waals surface area contributed by atoms with E-state index in [4.69, 9.17) is 18.9 Å². The zero-order chi connectivity index (χ0) is 23.5. The van der Waals surface area contributed by atoms with E-state index in [1.807, 2.05) is 52.8 Å². The molecule has 0 aliphatic heterocycles. The van der Waals surface area contributed by atoms with Gasteiger partial charge in [-0.15, -0.1) is 0 Å². The summed E-state index contributed by atoms with van der Waals surface area (Å²) in [5.74, 6) is 1.12. The fourth-order valence-electron chi connectivity index (χ4n) is 2.90. The third-order valence-corrected chi connectivity index (χ3v) is 4.42. The molecule has 0 heterocycles. The number of aryl methyl sites for hydroxylation is 2. The van der Waals surface area contributed by atoms with Crippen LogP contribution in [0.2, 0.25) is 0 Å². The Labute approximate surface area is 189 Å². The van der Waals surface area contributed by atoms with Crippen molar-refractivity contribution in [3.63, 3.8) is 0 Å². The van der Waals surface area contributed by atoms with E-state index >= 15 is 0 Å². The molecule has 0 aliphatic rings. The normalized spacial score (nSPS) is 10.3. The minimum absolute atomic E-state index is 0.0886. The number of benzene rings is 2. The van der Waals surface area contributed by atoms with Crippen LogP contribution in [-0.2, 0) is 4.79 Å². The van der Waals surface area contributed by atoms with Gasteiger partial charge in [-0.05, 0) is 63.9 Å². The molecule has 2 rings (SSSR count). The second kappa shape index (κ2) is 12.4. The highest BCUT2D eigenvalue weighted by molar-refractivity contribution is 5.96. The standard InChI is InChI=1S/C24H32N2O6/c1-6-29-20-14-18(15-21(30-7-2)23(20)31-8-3)24(28)26-25-22(27)11-12-32-19-13-16(4)9-10-17(19)5/h9-10,13-15H,6-8,11-12H2,1-5H3,(H,25,27)(H,26,28). The van der Waals surface area contributed by atoms with Crippen molar-refractivity contribution >= 4 is 11.8 Å². The Morgan fingerprint density at radius 1 is 0.781 bits per heavy atom. The molecule has 2 aromatic rings. The number of hydrazine groups is 1. The fraction of sp³-hybridized carbons (Fsp3) is 0.417. The minimum Gasteiger partial charge on any atom is -0.493 e. The van der Waals surface area contributed by atoms with E-state index < -0.39 is 5.91 Å². The first kappa shape index (κ1) is 24.8. The molecule has 0 aliphatic carbocycles. The van der Waals surface area contributed by atoms with Crippen molar-refractivity contribution in [2.24, 2.45) is 0 Å². The lowest BCUT2D eigenvalue weighted by Gasteiger charge is -2.17. The maximum atomic E-state index is 12.6. The first-order valence-electron chi connectivity index (χ1n) is 10.7. The van der Waals surface area contributed by atoms with E-state index in [1.165, 1.54) is 0 Å². The molecule has 0 bridgehead atoms. The molecule has 0 saturated carbocycles. The first-order chi connectivity index (χ1) is 15.4. The lowest BCUT2D eigenvalue weighted by Crippen LogP contribution is -2.42. The second-order valence-corrected chi connectivity index (χ2v) is 6.97. The van der Waals surface area contributed by atoms with Crippen LogP contribution in [0.15, 0.2) is 30.3 Å². The molecule has 0 unspecified atom stereocenters. The highest BCUT2D eigenvalue weighted by atomic mass is 16.5. The predicted molar refractivity (Wildman–Crippen MR) is 122 cm³/mol. The van der Waals surface area contributed by atoms with Crippen molar-refractivity contribution in [2.45, 2.75) is 41.0 Å². The van der Waals surface area contributed by atoms with Gasteiger partial charge in [0.05, 0.1) is 32.8 Å². The summed E-state index contributed by atoms with van der Waals surface area (Å²) >= 11 is 0. The Morgan fingerprint density at radius 3 is 2.00 bits per heavy atom. The number of nitrogens with one attached hydrogen (secondary N) is 2. The number of hydrogen-bond acceptors (Lipinski definition) is 6. The van der Waals surface area contributed by atoms with Crippen LogP contribution in [0, 0.1) is 13.8 Å². The molecule has 0 spiro atoms. The summed E-state index contributed by atoms with van der Waals surface area (Å²) in [5.41, 5.74) is 7.16. The van der Waals surface area contributed by atoms with E-state index in [2.05, 4.69) is 10.9 Å². The van der Waals surface area contributed by atoms with Gasteiger partial charge in [0.25, 0.3) is 5.91 Å². The van der Waals surface area contributed by atoms with Crippen molar-refractivity contribution in [1.82, 2.24) is 10.9 Å². The monoisotopic (exact) mass is 444 g/mol. The third-order valence-electron chi connectivity index (χ3n) is 4.42. The van der Waals surface area contributed by atoms with Crippen molar-refractivity contribution in [3.8, 4) is 23.0 Å². The predicted octanol–water partition coefficient (Wildman–Crippen LogP) is 3.73. The SMILES string of the molecule is CCOc1cc(C(=O)NNC(=O)CCOc2cc(C)ccc2C)cc(OCC)c1OCC. The zero-order valence-corrected chi connectivity index (χ0v) is 19.4. The van der Waals surface area contributed by atoms with E-state index in [9.17, 15) is 9.59 Å². The van der Waals surface area contributed by atoms with E-state index in [-0.39, 0.29) is 24.5 Å². The Morgan fingerprint density at radius 2 is 1.41 bits per heavy atom. The van der Waals surface area contributed by atoms with Crippen LogP contribution in [0.4, 0.5) is 0 Å². The van der Waals surface area contributed by atoms with Crippen LogP contribution in [0.25, 0.3) is 0 Å². The number of hydrogen-bond donors (Lipinski definition) is 2. The molecule has 8 nitrogen and oxygen atoms in total. The quantitative estimate of drug-likeness (QED) is 0.513. The average molecular weight is 445 g/mol. The summed E-state index contributed by atoms with van der Waals surface area (Å²) in [5, 5.41) is 0. The van der Waals surface area contributed by atoms with Gasteiger partial charge in [0.15, 0.2) is 11.5 Å². The molecule has 174 valence electrons. The van der Waals surface area contributed by atoms with Crippen LogP contribution in [0.3, 0.4) is 0 Å². The smallest absolute Gasteiger partial charge is 0.269 e. The third kappa shape index (κ3) is 7.08. The summed E-state index contributed by atoms with van der Waals surface area (Å²) in [6.07, 6.45) is 0.0886.